The summed E-state index contributed by atoms with van der Waals surface area (Å²) in [5.41, 5.74) is 1.12. The van der Waals surface area contributed by atoms with Gasteiger partial charge in [-0.1, -0.05) is 68.5 Å². The lowest BCUT2D eigenvalue weighted by Crippen LogP contribution is -2.53. The van der Waals surface area contributed by atoms with Crippen LogP contribution in [0.2, 0.25) is 0 Å². The molecular weight excluding hydrogens is 510 g/mol. The highest BCUT2D eigenvalue weighted by atomic mass is 32.1. The van der Waals surface area contributed by atoms with E-state index in [4.69, 9.17) is 0 Å². The van der Waals surface area contributed by atoms with Crippen molar-refractivity contribution < 1.29 is 19.2 Å². The van der Waals surface area contributed by atoms with Gasteiger partial charge in [-0.2, -0.15) is 0 Å². The molecule has 3 heterocycles. The van der Waals surface area contributed by atoms with Gasteiger partial charge in [-0.15, -0.1) is 11.3 Å². The Labute approximate surface area is 232 Å². The number of hydrogen-bond acceptors (Lipinski definition) is 5. The standard InChI is InChI=1S/C31H33N3O4S/c35-26-18-34(30(37)21-11-5-2-6-12-21)25-15-16-33(28(25)26)31(38)24(17-20-9-3-1-4-10-20)32-29(36)23-19-39-27-14-8-7-13-22(23)27/h2,5-8,11-14,19-20,24-25,28H,1,3-4,9-10,15-18H2,(H,32,36)/t24-,25?,28?/m0/s1. The summed E-state index contributed by atoms with van der Waals surface area (Å²) in [4.78, 5) is 57.3. The van der Waals surface area contributed by atoms with Gasteiger partial charge in [0.15, 0.2) is 5.78 Å². The second kappa shape index (κ2) is 10.9. The fourth-order valence-electron chi connectivity index (χ4n) is 6.65. The molecule has 1 aromatic heterocycles. The first kappa shape index (κ1) is 25.7. The molecule has 3 aliphatic rings. The number of carbonyl (C=O) groups is 4. The minimum absolute atomic E-state index is 0.00733. The van der Waals surface area contributed by atoms with Crippen LogP contribution >= 0.6 is 11.3 Å². The maximum absolute atomic E-state index is 14.1. The lowest BCUT2D eigenvalue weighted by Gasteiger charge is -2.31. The largest absolute Gasteiger partial charge is 0.340 e. The number of fused-ring (bicyclic) bond motifs is 2. The summed E-state index contributed by atoms with van der Waals surface area (Å²) < 4.78 is 1.03. The molecule has 6 rings (SSSR count). The zero-order valence-corrected chi connectivity index (χ0v) is 22.7. The number of thiophene rings is 1. The summed E-state index contributed by atoms with van der Waals surface area (Å²) in [6, 6.07) is 15.1. The molecule has 0 radical (unpaired) electrons. The van der Waals surface area contributed by atoms with E-state index in [1.807, 2.05) is 47.8 Å². The number of amides is 3. The lowest BCUT2D eigenvalue weighted by molar-refractivity contribution is -0.138. The van der Waals surface area contributed by atoms with E-state index in [0.29, 0.717) is 36.4 Å². The van der Waals surface area contributed by atoms with Crippen LogP contribution in [0.1, 0.15) is 65.7 Å². The Morgan fingerprint density at radius 3 is 2.46 bits per heavy atom. The molecule has 2 aromatic carbocycles. The van der Waals surface area contributed by atoms with Crippen LogP contribution in [0.15, 0.2) is 60.0 Å². The molecule has 0 spiro atoms. The summed E-state index contributed by atoms with van der Waals surface area (Å²) in [5.74, 6) is -0.385. The average Bonchev–Trinajstić information content (AvgIpc) is 3.68. The second-order valence-electron chi connectivity index (χ2n) is 11.0. The maximum Gasteiger partial charge on any atom is 0.254 e. The molecule has 2 aliphatic heterocycles. The van der Waals surface area contributed by atoms with Gasteiger partial charge in [0, 0.05) is 27.6 Å². The molecule has 3 atom stereocenters. The average molecular weight is 544 g/mol. The summed E-state index contributed by atoms with van der Waals surface area (Å²) in [6.07, 6.45) is 6.70. The predicted octanol–water partition coefficient (Wildman–Crippen LogP) is 4.66. The van der Waals surface area contributed by atoms with E-state index in [1.165, 1.54) is 17.8 Å². The number of hydrogen-bond donors (Lipinski definition) is 1. The fourth-order valence-corrected chi connectivity index (χ4v) is 7.59. The van der Waals surface area contributed by atoms with Crippen molar-refractivity contribution in [3.8, 4) is 0 Å². The lowest BCUT2D eigenvalue weighted by atomic mass is 9.84. The van der Waals surface area contributed by atoms with E-state index in [-0.39, 0.29) is 36.1 Å². The van der Waals surface area contributed by atoms with Gasteiger partial charge < -0.3 is 15.1 Å². The third kappa shape index (κ3) is 4.98. The number of rotatable bonds is 6. The topological polar surface area (TPSA) is 86.8 Å². The van der Waals surface area contributed by atoms with Crippen molar-refractivity contribution in [2.45, 2.75) is 63.1 Å². The molecule has 2 unspecified atom stereocenters. The Hall–Kier alpha value is -3.52. The number of nitrogens with zero attached hydrogens (tertiary/aromatic N) is 2. The quantitative estimate of drug-likeness (QED) is 0.490. The van der Waals surface area contributed by atoms with Gasteiger partial charge in [0.2, 0.25) is 5.91 Å². The van der Waals surface area contributed by atoms with Crippen molar-refractivity contribution in [3.63, 3.8) is 0 Å². The van der Waals surface area contributed by atoms with Crippen LogP contribution in [-0.4, -0.2) is 64.5 Å². The van der Waals surface area contributed by atoms with Crippen LogP contribution in [0.5, 0.6) is 0 Å². The molecule has 1 aliphatic carbocycles. The number of Topliss-reactive ketones (excluding diaryl/α,β-unsaturated/α-hetero) is 1. The molecule has 3 fully saturated rings. The molecular formula is C31H33N3O4S. The Kier molecular flexibility index (Phi) is 7.21. The zero-order chi connectivity index (χ0) is 26.9. The number of nitrogens with one attached hydrogen (secondary N) is 1. The molecule has 202 valence electrons. The van der Waals surface area contributed by atoms with Crippen LogP contribution in [0, 0.1) is 5.92 Å². The van der Waals surface area contributed by atoms with Crippen LogP contribution in [0.25, 0.3) is 10.1 Å². The molecule has 1 saturated carbocycles. The molecule has 2 saturated heterocycles. The minimum atomic E-state index is -0.704. The van der Waals surface area contributed by atoms with Gasteiger partial charge in [-0.05, 0) is 37.0 Å². The van der Waals surface area contributed by atoms with Crippen LogP contribution in [-0.2, 0) is 9.59 Å². The van der Waals surface area contributed by atoms with Gasteiger partial charge >= 0.3 is 0 Å². The van der Waals surface area contributed by atoms with Crippen molar-refractivity contribution in [1.29, 1.82) is 0 Å². The van der Waals surface area contributed by atoms with Crippen LogP contribution in [0.3, 0.4) is 0 Å². The Bertz CT molecular complexity index is 1400. The summed E-state index contributed by atoms with van der Waals surface area (Å²) in [5, 5.41) is 5.80. The Balaban J connectivity index is 1.23. The van der Waals surface area contributed by atoms with Gasteiger partial charge in [0.25, 0.3) is 11.8 Å². The smallest absolute Gasteiger partial charge is 0.254 e. The number of benzene rings is 2. The van der Waals surface area contributed by atoms with E-state index < -0.39 is 12.1 Å². The van der Waals surface area contributed by atoms with E-state index in [9.17, 15) is 19.2 Å². The van der Waals surface area contributed by atoms with Crippen LogP contribution in [0.4, 0.5) is 0 Å². The second-order valence-corrected chi connectivity index (χ2v) is 11.9. The molecule has 8 heteroatoms. The van der Waals surface area contributed by atoms with Gasteiger partial charge in [-0.25, -0.2) is 0 Å². The van der Waals surface area contributed by atoms with Gasteiger partial charge in [0.05, 0.1) is 18.2 Å². The maximum atomic E-state index is 14.1. The highest BCUT2D eigenvalue weighted by molar-refractivity contribution is 7.17. The molecule has 39 heavy (non-hydrogen) atoms. The molecule has 7 nitrogen and oxygen atoms in total. The van der Waals surface area contributed by atoms with Crippen molar-refractivity contribution in [3.05, 3.63) is 71.1 Å². The fraction of sp³-hybridized carbons (Fsp3) is 0.419. The van der Waals surface area contributed by atoms with E-state index in [0.717, 1.165) is 35.8 Å². The van der Waals surface area contributed by atoms with E-state index in [1.54, 1.807) is 21.9 Å². The predicted molar refractivity (Wildman–Crippen MR) is 151 cm³/mol. The van der Waals surface area contributed by atoms with Crippen molar-refractivity contribution in [1.82, 2.24) is 15.1 Å². The molecule has 0 bridgehead atoms. The molecule has 1 N–H and O–H groups in total. The highest BCUT2D eigenvalue weighted by Gasteiger charge is 2.52. The third-order valence-electron chi connectivity index (χ3n) is 8.61. The zero-order valence-electron chi connectivity index (χ0n) is 21.9. The first-order chi connectivity index (χ1) is 19.0. The third-order valence-corrected chi connectivity index (χ3v) is 9.57. The van der Waals surface area contributed by atoms with Crippen molar-refractivity contribution in [2.75, 3.05) is 13.1 Å². The monoisotopic (exact) mass is 543 g/mol. The normalized spacial score (nSPS) is 22.2. The van der Waals surface area contributed by atoms with E-state index >= 15 is 0 Å². The van der Waals surface area contributed by atoms with Gasteiger partial charge in [-0.3, -0.25) is 19.2 Å². The molecule has 3 amide bonds. The minimum Gasteiger partial charge on any atom is -0.340 e. The Morgan fingerprint density at radius 1 is 0.923 bits per heavy atom. The SMILES string of the molecule is O=C(N[C@@H](CC1CCCCC1)C(=O)N1CCC2C1C(=O)CN2C(=O)c1ccccc1)c1csc2ccccc12. The first-order valence-electron chi connectivity index (χ1n) is 14.0. The summed E-state index contributed by atoms with van der Waals surface area (Å²) in [7, 11) is 0. The first-order valence-corrected chi connectivity index (χ1v) is 14.9. The number of likely N-dealkylation sites (tertiary alicyclic amines) is 2. The Morgan fingerprint density at radius 2 is 1.67 bits per heavy atom. The van der Waals surface area contributed by atoms with Crippen molar-refractivity contribution >= 4 is 44.9 Å². The summed E-state index contributed by atoms with van der Waals surface area (Å²) >= 11 is 1.51. The number of ketones is 1. The van der Waals surface area contributed by atoms with Crippen LogP contribution < -0.4 is 5.32 Å². The summed E-state index contributed by atoms with van der Waals surface area (Å²) in [6.45, 7) is 0.407. The van der Waals surface area contributed by atoms with Crippen molar-refractivity contribution in [2.24, 2.45) is 5.92 Å². The van der Waals surface area contributed by atoms with E-state index in [2.05, 4.69) is 5.32 Å². The molecule has 3 aromatic rings. The highest BCUT2D eigenvalue weighted by Crippen LogP contribution is 2.34. The van der Waals surface area contributed by atoms with Gasteiger partial charge in [0.1, 0.15) is 12.1 Å². The number of carbonyl (C=O) groups excluding carboxylic acids is 4.